The Balaban J connectivity index is 2.40. The number of nitrogens with one attached hydrogen (secondary N) is 1. The molecule has 0 aliphatic heterocycles. The van der Waals surface area contributed by atoms with E-state index >= 15 is 0 Å². The Morgan fingerprint density at radius 3 is 2.25 bits per heavy atom. The van der Waals surface area contributed by atoms with Crippen molar-refractivity contribution in [3.63, 3.8) is 0 Å². The van der Waals surface area contributed by atoms with Gasteiger partial charge in [0, 0.05) is 6.04 Å². The van der Waals surface area contributed by atoms with Gasteiger partial charge in [0.2, 0.25) is 10.0 Å². The number of hydrogen-bond acceptors (Lipinski definition) is 2. The van der Waals surface area contributed by atoms with Crippen molar-refractivity contribution >= 4 is 20.8 Å². The van der Waals surface area contributed by atoms with Crippen LogP contribution in [0, 0.1) is 0 Å². The summed E-state index contributed by atoms with van der Waals surface area (Å²) in [5.74, 6) is 0. The highest BCUT2D eigenvalue weighted by Crippen LogP contribution is 2.26. The van der Waals surface area contributed by atoms with Crippen molar-refractivity contribution in [3.8, 4) is 0 Å². The molecule has 0 saturated carbocycles. The number of fused-ring (bicyclic) bond motifs is 1. The minimum absolute atomic E-state index is 0.259. The van der Waals surface area contributed by atoms with Gasteiger partial charge in [0.05, 0.1) is 4.75 Å². The lowest BCUT2D eigenvalue weighted by Gasteiger charge is -2.24. The fraction of sp³-hybridized carbons (Fsp3) is 0.375. The fourth-order valence-electron chi connectivity index (χ4n) is 2.10. The zero-order valence-electron chi connectivity index (χ0n) is 12.3. The van der Waals surface area contributed by atoms with Gasteiger partial charge in [-0.1, -0.05) is 42.5 Å². The lowest BCUT2D eigenvalue weighted by molar-refractivity contribution is 0.532. The number of sulfonamides is 1. The maximum atomic E-state index is 12.3. The molecular weight excluding hydrogens is 270 g/mol. The normalized spacial score (nSPS) is 14.4. The van der Waals surface area contributed by atoms with E-state index in [1.807, 2.05) is 49.4 Å². The Hall–Kier alpha value is -1.39. The quantitative estimate of drug-likeness (QED) is 0.939. The van der Waals surface area contributed by atoms with Crippen LogP contribution >= 0.6 is 0 Å². The van der Waals surface area contributed by atoms with E-state index in [2.05, 4.69) is 4.72 Å². The van der Waals surface area contributed by atoms with Gasteiger partial charge in [-0.3, -0.25) is 0 Å². The highest BCUT2D eigenvalue weighted by Gasteiger charge is 2.30. The summed E-state index contributed by atoms with van der Waals surface area (Å²) >= 11 is 0. The fourth-order valence-corrected chi connectivity index (χ4v) is 3.05. The van der Waals surface area contributed by atoms with Crippen LogP contribution in [-0.4, -0.2) is 13.2 Å². The highest BCUT2D eigenvalue weighted by molar-refractivity contribution is 7.90. The molecule has 0 radical (unpaired) electrons. The van der Waals surface area contributed by atoms with E-state index in [-0.39, 0.29) is 6.04 Å². The average molecular weight is 291 g/mol. The molecule has 0 heterocycles. The van der Waals surface area contributed by atoms with Crippen molar-refractivity contribution in [2.75, 3.05) is 0 Å². The van der Waals surface area contributed by atoms with Crippen LogP contribution in [0.25, 0.3) is 10.8 Å². The van der Waals surface area contributed by atoms with Crippen LogP contribution in [0.3, 0.4) is 0 Å². The lowest BCUT2D eigenvalue weighted by Crippen LogP contribution is -2.40. The molecule has 0 saturated heterocycles. The van der Waals surface area contributed by atoms with Crippen LogP contribution in [-0.2, 0) is 10.0 Å². The van der Waals surface area contributed by atoms with Gasteiger partial charge in [0.1, 0.15) is 0 Å². The minimum Gasteiger partial charge on any atom is -0.212 e. The van der Waals surface area contributed by atoms with Gasteiger partial charge in [-0.25, -0.2) is 13.1 Å². The second-order valence-corrected chi connectivity index (χ2v) is 8.49. The molecule has 2 aromatic carbocycles. The van der Waals surface area contributed by atoms with Crippen molar-refractivity contribution in [2.45, 2.75) is 38.5 Å². The second kappa shape index (κ2) is 5.19. The van der Waals surface area contributed by atoms with E-state index in [4.69, 9.17) is 0 Å². The van der Waals surface area contributed by atoms with Crippen molar-refractivity contribution in [1.29, 1.82) is 0 Å². The summed E-state index contributed by atoms with van der Waals surface area (Å²) in [6.45, 7) is 6.98. The van der Waals surface area contributed by atoms with E-state index in [9.17, 15) is 8.42 Å². The van der Waals surface area contributed by atoms with E-state index in [0.29, 0.717) is 0 Å². The predicted octanol–water partition coefficient (Wildman–Crippen LogP) is 3.62. The standard InChI is InChI=1S/C16H21NO2S/c1-12(17-20(18,19)16(2,3)4)14-11-7-9-13-8-5-6-10-15(13)14/h5-12,17H,1-4H3. The Morgan fingerprint density at radius 1 is 1.00 bits per heavy atom. The molecule has 0 aliphatic carbocycles. The summed E-state index contributed by atoms with van der Waals surface area (Å²) in [5.41, 5.74) is 0.996. The van der Waals surface area contributed by atoms with Crippen molar-refractivity contribution < 1.29 is 8.42 Å². The molecule has 0 aliphatic rings. The third kappa shape index (κ3) is 2.86. The van der Waals surface area contributed by atoms with Gasteiger partial charge in [-0.15, -0.1) is 0 Å². The zero-order chi connectivity index (χ0) is 15.0. The third-order valence-corrected chi connectivity index (χ3v) is 5.70. The number of benzene rings is 2. The largest absolute Gasteiger partial charge is 0.217 e. The van der Waals surface area contributed by atoms with E-state index in [1.54, 1.807) is 20.8 Å². The summed E-state index contributed by atoms with van der Waals surface area (Å²) in [5, 5.41) is 2.20. The van der Waals surface area contributed by atoms with Gasteiger partial charge in [0.15, 0.2) is 0 Å². The molecule has 1 unspecified atom stereocenters. The first-order chi connectivity index (χ1) is 9.22. The molecule has 20 heavy (non-hydrogen) atoms. The van der Waals surface area contributed by atoms with Crippen LogP contribution in [0.2, 0.25) is 0 Å². The van der Waals surface area contributed by atoms with Crippen LogP contribution in [0.15, 0.2) is 42.5 Å². The smallest absolute Gasteiger partial charge is 0.212 e. The Labute approximate surface area is 121 Å². The Bertz CT molecular complexity index is 709. The predicted molar refractivity (Wildman–Crippen MR) is 84.2 cm³/mol. The lowest BCUT2D eigenvalue weighted by atomic mass is 10.0. The summed E-state index contributed by atoms with van der Waals surface area (Å²) in [6.07, 6.45) is 0. The molecule has 1 N–H and O–H groups in total. The first kappa shape index (κ1) is 15.0. The Morgan fingerprint density at radius 2 is 1.60 bits per heavy atom. The van der Waals surface area contributed by atoms with Crippen LogP contribution in [0.1, 0.15) is 39.3 Å². The second-order valence-electron chi connectivity index (χ2n) is 6.02. The van der Waals surface area contributed by atoms with E-state index in [0.717, 1.165) is 16.3 Å². The van der Waals surface area contributed by atoms with Crippen molar-refractivity contribution in [1.82, 2.24) is 4.72 Å². The van der Waals surface area contributed by atoms with Gasteiger partial charge in [-0.05, 0) is 44.0 Å². The molecule has 0 bridgehead atoms. The maximum Gasteiger partial charge on any atom is 0.217 e. The van der Waals surface area contributed by atoms with Crippen molar-refractivity contribution in [3.05, 3.63) is 48.0 Å². The summed E-state index contributed by atoms with van der Waals surface area (Å²) in [6, 6.07) is 13.7. The molecule has 1 atom stereocenters. The average Bonchev–Trinajstić information content (AvgIpc) is 2.36. The van der Waals surface area contributed by atoms with E-state index < -0.39 is 14.8 Å². The molecule has 0 amide bonds. The summed E-state index contributed by atoms with van der Waals surface area (Å²) in [4.78, 5) is 0. The monoisotopic (exact) mass is 291 g/mol. The zero-order valence-corrected chi connectivity index (χ0v) is 13.2. The third-order valence-electron chi connectivity index (χ3n) is 3.43. The molecule has 2 rings (SSSR count). The first-order valence-electron chi connectivity index (χ1n) is 6.72. The molecule has 4 heteroatoms. The molecule has 2 aromatic rings. The highest BCUT2D eigenvalue weighted by atomic mass is 32.2. The topological polar surface area (TPSA) is 46.2 Å². The molecule has 0 aromatic heterocycles. The van der Waals surface area contributed by atoms with Crippen molar-refractivity contribution in [2.24, 2.45) is 0 Å². The molecule has 0 fully saturated rings. The summed E-state index contributed by atoms with van der Waals surface area (Å²) < 4.78 is 26.5. The van der Waals surface area contributed by atoms with E-state index in [1.165, 1.54) is 0 Å². The van der Waals surface area contributed by atoms with Crippen LogP contribution in [0.4, 0.5) is 0 Å². The number of hydrogen-bond donors (Lipinski definition) is 1. The molecular formula is C16H21NO2S. The molecule has 3 nitrogen and oxygen atoms in total. The molecule has 108 valence electrons. The van der Waals surface area contributed by atoms with Gasteiger partial charge >= 0.3 is 0 Å². The minimum atomic E-state index is -3.36. The summed E-state index contributed by atoms with van der Waals surface area (Å²) in [7, 11) is -3.36. The molecule has 0 spiro atoms. The first-order valence-corrected chi connectivity index (χ1v) is 8.20. The number of rotatable bonds is 3. The van der Waals surface area contributed by atoms with Gasteiger partial charge < -0.3 is 0 Å². The Kier molecular flexibility index (Phi) is 3.89. The maximum absolute atomic E-state index is 12.3. The van der Waals surface area contributed by atoms with Gasteiger partial charge in [0.25, 0.3) is 0 Å². The van der Waals surface area contributed by atoms with Crippen LogP contribution in [0.5, 0.6) is 0 Å². The van der Waals surface area contributed by atoms with Gasteiger partial charge in [-0.2, -0.15) is 0 Å². The van der Waals surface area contributed by atoms with Crippen LogP contribution < -0.4 is 4.72 Å². The SMILES string of the molecule is CC(NS(=O)(=O)C(C)(C)C)c1cccc2ccccc12.